The molecule has 0 radical (unpaired) electrons. The Balaban J connectivity index is 2.22. The molecule has 4 heteroatoms. The molecule has 1 N–H and O–H groups in total. The Morgan fingerprint density at radius 2 is 2.21 bits per heavy atom. The highest BCUT2D eigenvalue weighted by Gasteiger charge is 2.35. The largest absolute Gasteiger partial charge is 0.468 e. The Hall–Kier alpha value is -1.55. The fraction of sp³-hybridized carbons (Fsp3) is 0.533. The van der Waals surface area contributed by atoms with Crippen LogP contribution in [0.2, 0.25) is 0 Å². The Bertz CT molecular complexity index is 461. The van der Waals surface area contributed by atoms with E-state index in [-0.39, 0.29) is 5.97 Å². The topological polar surface area (TPSA) is 41.6 Å². The molecule has 0 amide bonds. The van der Waals surface area contributed by atoms with E-state index in [4.69, 9.17) is 4.74 Å². The third-order valence-electron chi connectivity index (χ3n) is 3.90. The van der Waals surface area contributed by atoms with Gasteiger partial charge in [-0.15, -0.1) is 0 Å². The van der Waals surface area contributed by atoms with Crippen molar-refractivity contribution in [2.75, 3.05) is 32.1 Å². The number of likely N-dealkylation sites (N-methyl/N-ethyl adjacent to an activating group) is 1. The van der Waals surface area contributed by atoms with Gasteiger partial charge in [-0.2, -0.15) is 0 Å². The van der Waals surface area contributed by atoms with Crippen LogP contribution in [0.3, 0.4) is 0 Å². The van der Waals surface area contributed by atoms with E-state index in [1.54, 1.807) is 7.05 Å². The third kappa shape index (κ3) is 2.73. The van der Waals surface area contributed by atoms with Crippen LogP contribution in [0, 0.1) is 0 Å². The molecule has 0 saturated heterocycles. The fourth-order valence-corrected chi connectivity index (χ4v) is 2.63. The number of methoxy groups -OCH3 is 1. The number of hydrogen-bond donors (Lipinski definition) is 1. The summed E-state index contributed by atoms with van der Waals surface area (Å²) in [7, 11) is 3.23. The number of esters is 1. The molecular weight excluding hydrogens is 240 g/mol. The van der Waals surface area contributed by atoms with Crippen LogP contribution < -0.4 is 10.2 Å². The highest BCUT2D eigenvalue weighted by atomic mass is 16.5. The third-order valence-corrected chi connectivity index (χ3v) is 3.90. The van der Waals surface area contributed by atoms with Gasteiger partial charge in [0.25, 0.3) is 0 Å². The van der Waals surface area contributed by atoms with Crippen molar-refractivity contribution in [3.05, 3.63) is 29.8 Å². The summed E-state index contributed by atoms with van der Waals surface area (Å²) in [6.07, 6.45) is 2.24. The first-order valence-corrected chi connectivity index (χ1v) is 6.71. The van der Waals surface area contributed by atoms with Crippen molar-refractivity contribution < 1.29 is 9.53 Å². The number of carbonyl (C=O) groups is 1. The summed E-state index contributed by atoms with van der Waals surface area (Å²) in [6.45, 7) is 3.48. The summed E-state index contributed by atoms with van der Waals surface area (Å²) >= 11 is 0. The van der Waals surface area contributed by atoms with E-state index in [2.05, 4.69) is 28.4 Å². The zero-order valence-electron chi connectivity index (χ0n) is 11.9. The highest BCUT2D eigenvalue weighted by Crippen LogP contribution is 2.28. The van der Waals surface area contributed by atoms with Crippen molar-refractivity contribution in [3.63, 3.8) is 0 Å². The maximum Gasteiger partial charge on any atom is 0.327 e. The number of benzene rings is 1. The van der Waals surface area contributed by atoms with Gasteiger partial charge in [0.1, 0.15) is 5.54 Å². The lowest BCUT2D eigenvalue weighted by atomic mass is 9.97. The van der Waals surface area contributed by atoms with Crippen molar-refractivity contribution in [1.29, 1.82) is 0 Å². The van der Waals surface area contributed by atoms with Gasteiger partial charge in [0.2, 0.25) is 0 Å². The van der Waals surface area contributed by atoms with Crippen LogP contribution in [0.25, 0.3) is 0 Å². The molecule has 0 bridgehead atoms. The minimum absolute atomic E-state index is 0.224. The van der Waals surface area contributed by atoms with Crippen LogP contribution in [0.5, 0.6) is 0 Å². The molecule has 0 aliphatic carbocycles. The molecule has 1 aromatic rings. The van der Waals surface area contributed by atoms with Gasteiger partial charge in [0, 0.05) is 18.8 Å². The molecule has 1 aromatic carbocycles. The predicted octanol–water partition coefficient (Wildman–Crippen LogP) is 1.59. The van der Waals surface area contributed by atoms with Gasteiger partial charge in [-0.3, -0.25) is 0 Å². The number of ether oxygens (including phenoxy) is 1. The summed E-state index contributed by atoms with van der Waals surface area (Å²) in [5, 5.41) is 3.09. The van der Waals surface area contributed by atoms with Crippen LogP contribution in [-0.2, 0) is 16.0 Å². The minimum Gasteiger partial charge on any atom is -0.468 e. The Morgan fingerprint density at radius 3 is 2.89 bits per heavy atom. The molecule has 0 spiro atoms. The van der Waals surface area contributed by atoms with Crippen molar-refractivity contribution in [3.8, 4) is 0 Å². The van der Waals surface area contributed by atoms with E-state index < -0.39 is 5.54 Å². The number of nitrogens with zero attached hydrogens (tertiary/aromatic N) is 1. The standard InChI is InChI=1S/C15H22N2O2/c1-15(16-2,14(18)19-3)11-17-10-6-8-12-7-4-5-9-13(12)17/h4-5,7,9,16H,6,8,10-11H2,1-3H3. The molecule has 1 atom stereocenters. The van der Waals surface area contributed by atoms with E-state index in [9.17, 15) is 4.79 Å². The maximum atomic E-state index is 11.9. The van der Waals surface area contributed by atoms with Crippen LogP contribution >= 0.6 is 0 Å². The van der Waals surface area contributed by atoms with Crippen molar-refractivity contribution in [2.24, 2.45) is 0 Å². The fourth-order valence-electron chi connectivity index (χ4n) is 2.63. The second-order valence-corrected chi connectivity index (χ2v) is 5.23. The lowest BCUT2D eigenvalue weighted by Crippen LogP contribution is -2.56. The second kappa shape index (κ2) is 5.61. The molecule has 1 aliphatic heterocycles. The van der Waals surface area contributed by atoms with E-state index in [1.165, 1.54) is 18.4 Å². The first-order chi connectivity index (χ1) is 9.10. The molecule has 1 heterocycles. The van der Waals surface area contributed by atoms with E-state index in [1.807, 2.05) is 13.0 Å². The zero-order chi connectivity index (χ0) is 13.9. The van der Waals surface area contributed by atoms with E-state index in [0.717, 1.165) is 19.4 Å². The summed E-state index contributed by atoms with van der Waals surface area (Å²) in [5.74, 6) is -0.224. The average molecular weight is 262 g/mol. The number of aryl methyl sites for hydroxylation is 1. The molecule has 0 fully saturated rings. The predicted molar refractivity (Wildman–Crippen MR) is 76.5 cm³/mol. The van der Waals surface area contributed by atoms with Gasteiger partial charge in [0.15, 0.2) is 0 Å². The zero-order valence-corrected chi connectivity index (χ0v) is 11.9. The molecule has 0 saturated carbocycles. The lowest BCUT2D eigenvalue weighted by molar-refractivity contribution is -0.147. The van der Waals surface area contributed by atoms with Crippen LogP contribution in [0.15, 0.2) is 24.3 Å². The number of para-hydroxylation sites is 1. The Morgan fingerprint density at radius 1 is 1.47 bits per heavy atom. The van der Waals surface area contributed by atoms with Crippen LogP contribution in [-0.4, -0.2) is 38.8 Å². The Labute approximate surface area is 114 Å². The molecule has 4 nitrogen and oxygen atoms in total. The summed E-state index contributed by atoms with van der Waals surface area (Å²) in [5.41, 5.74) is 1.91. The number of hydrogen-bond acceptors (Lipinski definition) is 4. The quantitative estimate of drug-likeness (QED) is 0.837. The summed E-state index contributed by atoms with van der Waals surface area (Å²) in [6, 6.07) is 8.41. The van der Waals surface area contributed by atoms with Crippen molar-refractivity contribution in [2.45, 2.75) is 25.3 Å². The van der Waals surface area contributed by atoms with Crippen LogP contribution in [0.1, 0.15) is 18.9 Å². The van der Waals surface area contributed by atoms with Gasteiger partial charge in [-0.1, -0.05) is 18.2 Å². The number of carbonyl (C=O) groups excluding carboxylic acids is 1. The normalized spacial score (nSPS) is 17.5. The summed E-state index contributed by atoms with van der Waals surface area (Å²) in [4.78, 5) is 14.2. The average Bonchev–Trinajstić information content (AvgIpc) is 2.46. The molecule has 0 aromatic heterocycles. The molecule has 104 valence electrons. The first-order valence-electron chi connectivity index (χ1n) is 6.71. The minimum atomic E-state index is -0.681. The monoisotopic (exact) mass is 262 g/mol. The molecule has 1 unspecified atom stereocenters. The number of anilines is 1. The number of rotatable bonds is 4. The van der Waals surface area contributed by atoms with E-state index in [0.29, 0.717) is 6.54 Å². The Kier molecular flexibility index (Phi) is 4.10. The molecular formula is C15H22N2O2. The van der Waals surface area contributed by atoms with E-state index >= 15 is 0 Å². The van der Waals surface area contributed by atoms with Gasteiger partial charge < -0.3 is 15.0 Å². The highest BCUT2D eigenvalue weighted by molar-refractivity contribution is 5.81. The van der Waals surface area contributed by atoms with Gasteiger partial charge >= 0.3 is 5.97 Å². The molecule has 2 rings (SSSR count). The van der Waals surface area contributed by atoms with Gasteiger partial charge in [-0.05, 0) is 38.4 Å². The van der Waals surface area contributed by atoms with Crippen molar-refractivity contribution in [1.82, 2.24) is 5.32 Å². The SMILES string of the molecule is CNC(C)(CN1CCCc2ccccc21)C(=O)OC. The molecule has 19 heavy (non-hydrogen) atoms. The van der Waals surface area contributed by atoms with Gasteiger partial charge in [-0.25, -0.2) is 4.79 Å². The van der Waals surface area contributed by atoms with Crippen molar-refractivity contribution >= 4 is 11.7 Å². The first kappa shape index (κ1) is 13.9. The smallest absolute Gasteiger partial charge is 0.327 e. The van der Waals surface area contributed by atoms with Gasteiger partial charge in [0.05, 0.1) is 7.11 Å². The number of fused-ring (bicyclic) bond motifs is 1. The summed E-state index contributed by atoms with van der Waals surface area (Å²) < 4.78 is 4.91. The number of nitrogens with one attached hydrogen (secondary N) is 1. The molecule has 1 aliphatic rings. The maximum absolute atomic E-state index is 11.9. The lowest BCUT2D eigenvalue weighted by Gasteiger charge is -2.37. The second-order valence-electron chi connectivity index (χ2n) is 5.23. The van der Waals surface area contributed by atoms with Crippen LogP contribution in [0.4, 0.5) is 5.69 Å².